The van der Waals surface area contributed by atoms with E-state index in [0.29, 0.717) is 0 Å². The van der Waals surface area contributed by atoms with E-state index in [9.17, 15) is 0 Å². The monoisotopic (exact) mass is 555 g/mol. The van der Waals surface area contributed by atoms with Crippen molar-refractivity contribution < 1.29 is 4.57 Å². The summed E-state index contributed by atoms with van der Waals surface area (Å²) in [6, 6.07) is 50.0. The van der Waals surface area contributed by atoms with Gasteiger partial charge in [-0.25, -0.2) is 0 Å². The molecule has 8 rings (SSSR count). The molecule has 0 bridgehead atoms. The van der Waals surface area contributed by atoms with Crippen molar-refractivity contribution in [3.8, 4) is 22.3 Å². The van der Waals surface area contributed by atoms with E-state index < -0.39 is 7.14 Å². The lowest BCUT2D eigenvalue weighted by atomic mass is 9.89. The van der Waals surface area contributed by atoms with Crippen LogP contribution in [0.25, 0.3) is 54.6 Å². The molecule has 0 saturated carbocycles. The summed E-state index contributed by atoms with van der Waals surface area (Å²) in [4.78, 5) is 4.41. The van der Waals surface area contributed by atoms with Crippen LogP contribution in [0.5, 0.6) is 0 Å². The number of pyridine rings is 1. The van der Waals surface area contributed by atoms with Gasteiger partial charge >= 0.3 is 0 Å². The molecule has 0 aliphatic heterocycles. The minimum atomic E-state index is -3.21. The molecule has 1 heterocycles. The van der Waals surface area contributed by atoms with Gasteiger partial charge in [0, 0.05) is 33.9 Å². The fourth-order valence-corrected chi connectivity index (χ4v) is 9.08. The molecule has 0 N–H and O–H groups in total. The quantitative estimate of drug-likeness (QED) is 0.157. The zero-order valence-corrected chi connectivity index (χ0v) is 23.7. The summed E-state index contributed by atoms with van der Waals surface area (Å²) in [5, 5.41) is 9.91. The Balaban J connectivity index is 1.46. The van der Waals surface area contributed by atoms with Crippen molar-refractivity contribution in [1.29, 1.82) is 0 Å². The molecule has 0 spiro atoms. The molecule has 2 nitrogen and oxygen atoms in total. The van der Waals surface area contributed by atoms with Gasteiger partial charge in [-0.3, -0.25) is 4.98 Å². The number of rotatable bonds is 5. The van der Waals surface area contributed by atoms with Gasteiger partial charge in [-0.2, -0.15) is 0 Å². The van der Waals surface area contributed by atoms with E-state index in [-0.39, 0.29) is 0 Å². The largest absolute Gasteiger partial charge is 0.309 e. The van der Waals surface area contributed by atoms with Gasteiger partial charge in [-0.1, -0.05) is 121 Å². The SMILES string of the molecule is O=P(c1ccccc1)(c1ccccc1)c1cc(-c2cccnc2)cc(-c2ccc3ccc4cccc5ccc2c3c45)c1. The molecule has 3 heteroatoms. The Kier molecular flexibility index (Phi) is 5.77. The average molecular weight is 556 g/mol. The lowest BCUT2D eigenvalue weighted by molar-refractivity contribution is 0.592. The lowest BCUT2D eigenvalue weighted by Crippen LogP contribution is -2.25. The third-order valence-electron chi connectivity index (χ3n) is 8.36. The summed E-state index contributed by atoms with van der Waals surface area (Å²) >= 11 is 0. The van der Waals surface area contributed by atoms with Crippen molar-refractivity contribution in [3.63, 3.8) is 0 Å². The number of benzene rings is 7. The molecule has 0 aliphatic rings. The molecule has 8 aromatic rings. The highest BCUT2D eigenvalue weighted by atomic mass is 31.2. The van der Waals surface area contributed by atoms with Crippen LogP contribution in [0.15, 0.2) is 158 Å². The van der Waals surface area contributed by atoms with Crippen molar-refractivity contribution in [1.82, 2.24) is 4.98 Å². The van der Waals surface area contributed by atoms with E-state index in [1.807, 2.05) is 72.9 Å². The molecule has 0 amide bonds. The van der Waals surface area contributed by atoms with Crippen molar-refractivity contribution in [2.45, 2.75) is 0 Å². The zero-order valence-electron chi connectivity index (χ0n) is 22.8. The average Bonchev–Trinajstić information content (AvgIpc) is 3.07. The van der Waals surface area contributed by atoms with Crippen molar-refractivity contribution in [3.05, 3.63) is 158 Å². The van der Waals surface area contributed by atoms with Crippen LogP contribution < -0.4 is 15.9 Å². The van der Waals surface area contributed by atoms with E-state index in [4.69, 9.17) is 0 Å². The molecular formula is C39H26NOP. The Labute approximate surface area is 244 Å². The minimum absolute atomic E-state index is 0.807. The minimum Gasteiger partial charge on any atom is -0.309 e. The number of nitrogens with zero attached hydrogens (tertiary/aromatic N) is 1. The number of hydrogen-bond donors (Lipinski definition) is 0. The molecule has 42 heavy (non-hydrogen) atoms. The lowest BCUT2D eigenvalue weighted by Gasteiger charge is -2.22. The van der Waals surface area contributed by atoms with Crippen LogP contribution in [0, 0.1) is 0 Å². The van der Waals surface area contributed by atoms with Gasteiger partial charge in [0.05, 0.1) is 0 Å². The second-order valence-electron chi connectivity index (χ2n) is 10.8. The molecular weight excluding hydrogens is 529 g/mol. The molecule has 1 aromatic heterocycles. The van der Waals surface area contributed by atoms with Gasteiger partial charge in [-0.15, -0.1) is 0 Å². The van der Waals surface area contributed by atoms with Gasteiger partial charge in [0.1, 0.15) is 0 Å². The summed E-state index contributed by atoms with van der Waals surface area (Å²) in [5.41, 5.74) is 4.15. The first-order valence-corrected chi connectivity index (χ1v) is 15.9. The second-order valence-corrected chi connectivity index (χ2v) is 13.5. The fraction of sp³-hybridized carbons (Fsp3) is 0. The van der Waals surface area contributed by atoms with E-state index in [2.05, 4.69) is 83.8 Å². The molecule has 7 aromatic carbocycles. The van der Waals surface area contributed by atoms with E-state index in [1.54, 1.807) is 6.20 Å². The molecule has 0 fully saturated rings. The van der Waals surface area contributed by atoms with Crippen molar-refractivity contribution in [2.75, 3.05) is 0 Å². The standard InChI is InChI=1S/C39H26NOP/c41-42(33-12-3-1-4-13-33,34-14-5-2-6-15-34)35-24-31(30-11-8-22-40-26-30)23-32(25-35)36-20-18-29-17-16-27-9-7-10-28-19-21-37(36)39(29)38(27)28/h1-26H. The first-order valence-electron chi connectivity index (χ1n) is 14.1. The predicted octanol–water partition coefficient (Wildman–Crippen LogP) is 8.95. The van der Waals surface area contributed by atoms with Crippen LogP contribution in [-0.2, 0) is 4.57 Å². The highest BCUT2D eigenvalue weighted by molar-refractivity contribution is 7.85. The summed E-state index contributed by atoms with van der Waals surface area (Å²) in [7, 11) is -3.21. The van der Waals surface area contributed by atoms with Crippen LogP contribution in [0.3, 0.4) is 0 Å². The third kappa shape index (κ3) is 3.88. The topological polar surface area (TPSA) is 30.0 Å². The number of aromatic nitrogens is 1. The van der Waals surface area contributed by atoms with Gasteiger partial charge in [0.15, 0.2) is 7.14 Å². The molecule has 0 aliphatic carbocycles. The Hall–Kier alpha value is -5.04. The van der Waals surface area contributed by atoms with Gasteiger partial charge < -0.3 is 4.57 Å². The first kappa shape index (κ1) is 24.7. The van der Waals surface area contributed by atoms with Crippen molar-refractivity contribution in [2.24, 2.45) is 0 Å². The molecule has 0 radical (unpaired) electrons. The summed E-state index contributed by atoms with van der Waals surface area (Å²) in [6.45, 7) is 0. The maximum absolute atomic E-state index is 15.5. The summed E-state index contributed by atoms with van der Waals surface area (Å²) < 4.78 is 15.5. The molecule has 0 saturated heterocycles. The Morgan fingerprint density at radius 1 is 0.452 bits per heavy atom. The van der Waals surface area contributed by atoms with Gasteiger partial charge in [0.2, 0.25) is 0 Å². The highest BCUT2D eigenvalue weighted by Crippen LogP contribution is 2.45. The van der Waals surface area contributed by atoms with E-state index in [1.165, 1.54) is 32.3 Å². The summed E-state index contributed by atoms with van der Waals surface area (Å²) in [6.07, 6.45) is 3.66. The molecule has 198 valence electrons. The fourth-order valence-electron chi connectivity index (χ4n) is 6.36. The van der Waals surface area contributed by atoms with E-state index >= 15 is 4.57 Å². The maximum Gasteiger partial charge on any atom is 0.171 e. The van der Waals surface area contributed by atoms with Crippen LogP contribution in [0.1, 0.15) is 0 Å². The predicted molar refractivity (Wildman–Crippen MR) is 178 cm³/mol. The van der Waals surface area contributed by atoms with Crippen LogP contribution in [0.4, 0.5) is 0 Å². The van der Waals surface area contributed by atoms with E-state index in [0.717, 1.165) is 38.2 Å². The zero-order chi connectivity index (χ0) is 28.1. The van der Waals surface area contributed by atoms with Crippen LogP contribution in [-0.4, -0.2) is 4.98 Å². The van der Waals surface area contributed by atoms with Crippen molar-refractivity contribution >= 4 is 55.4 Å². The Morgan fingerprint density at radius 3 is 1.74 bits per heavy atom. The summed E-state index contributed by atoms with van der Waals surface area (Å²) in [5.74, 6) is 0. The Bertz CT molecular complexity index is 2200. The Morgan fingerprint density at radius 2 is 1.07 bits per heavy atom. The first-order chi connectivity index (χ1) is 20.7. The number of hydrogen-bond acceptors (Lipinski definition) is 2. The third-order valence-corrected chi connectivity index (χ3v) is 11.4. The highest BCUT2D eigenvalue weighted by Gasteiger charge is 2.30. The van der Waals surface area contributed by atoms with Gasteiger partial charge in [0.25, 0.3) is 0 Å². The second kappa shape index (κ2) is 9.80. The molecule has 0 unspecified atom stereocenters. The maximum atomic E-state index is 15.5. The molecule has 0 atom stereocenters. The normalized spacial score (nSPS) is 11.9. The smallest absolute Gasteiger partial charge is 0.171 e. The van der Waals surface area contributed by atoms with Gasteiger partial charge in [-0.05, 0) is 73.3 Å². The van der Waals surface area contributed by atoms with Crippen LogP contribution in [0.2, 0.25) is 0 Å². The van der Waals surface area contributed by atoms with Crippen LogP contribution >= 0.6 is 7.14 Å².